The lowest BCUT2D eigenvalue weighted by Crippen LogP contribution is -2.24. The Morgan fingerprint density at radius 2 is 2.11 bits per heavy atom. The topological polar surface area (TPSA) is 43.8 Å². The van der Waals surface area contributed by atoms with Crippen LogP contribution in [0.25, 0.3) is 11.0 Å². The predicted molar refractivity (Wildman–Crippen MR) is 81.6 cm³/mol. The highest BCUT2D eigenvalue weighted by Crippen LogP contribution is 2.22. The van der Waals surface area contributed by atoms with Crippen molar-refractivity contribution in [2.75, 3.05) is 0 Å². The van der Waals surface area contributed by atoms with Gasteiger partial charge in [-0.2, -0.15) is 0 Å². The second kappa shape index (κ2) is 6.40. The molecule has 1 unspecified atom stereocenters. The molecule has 4 heteroatoms. The monoisotopic (exact) mass is 279 g/mol. The molecule has 1 aromatic heterocycles. The van der Waals surface area contributed by atoms with E-state index in [0.29, 0.717) is 0 Å². The Bertz CT molecular complexity index is 548. The molecule has 2 aromatic rings. The average molecular weight is 280 g/mol. The van der Waals surface area contributed by atoms with E-state index in [2.05, 4.69) is 24.5 Å². The van der Waals surface area contributed by atoms with Crippen molar-refractivity contribution in [1.29, 1.82) is 0 Å². The molecule has 0 radical (unpaired) electrons. The van der Waals surface area contributed by atoms with Crippen LogP contribution < -0.4 is 5.73 Å². The van der Waals surface area contributed by atoms with Crippen LogP contribution in [0.3, 0.4) is 0 Å². The van der Waals surface area contributed by atoms with E-state index in [0.717, 1.165) is 54.1 Å². The summed E-state index contributed by atoms with van der Waals surface area (Å²) in [5.74, 6) is 1.08. The van der Waals surface area contributed by atoms with Gasteiger partial charge in [0.25, 0.3) is 0 Å². The molecule has 0 fully saturated rings. The van der Waals surface area contributed by atoms with Crippen molar-refractivity contribution in [2.24, 2.45) is 5.73 Å². The number of hydrogen-bond donors (Lipinski definition) is 1. The molecule has 0 amide bonds. The van der Waals surface area contributed by atoms with Crippen molar-refractivity contribution >= 4 is 22.6 Å². The average Bonchev–Trinajstić information content (AvgIpc) is 2.67. The SMILES string of the molecule is CCCC(N)Cc1nc2cc(Cl)ccc2n1CCC. The Labute approximate surface area is 119 Å². The summed E-state index contributed by atoms with van der Waals surface area (Å²) in [5, 5.41) is 0.734. The molecule has 0 bridgehead atoms. The third kappa shape index (κ3) is 3.28. The van der Waals surface area contributed by atoms with Crippen LogP contribution in [0.2, 0.25) is 5.02 Å². The smallest absolute Gasteiger partial charge is 0.111 e. The van der Waals surface area contributed by atoms with Crippen LogP contribution in [0.4, 0.5) is 0 Å². The zero-order valence-electron chi connectivity index (χ0n) is 11.7. The molecule has 0 spiro atoms. The highest BCUT2D eigenvalue weighted by molar-refractivity contribution is 6.31. The summed E-state index contributed by atoms with van der Waals surface area (Å²) in [6.45, 7) is 5.32. The summed E-state index contributed by atoms with van der Waals surface area (Å²) in [7, 11) is 0. The van der Waals surface area contributed by atoms with Gasteiger partial charge >= 0.3 is 0 Å². The molecule has 3 nitrogen and oxygen atoms in total. The molecule has 2 N–H and O–H groups in total. The van der Waals surface area contributed by atoms with Crippen LogP contribution in [0.5, 0.6) is 0 Å². The standard InChI is InChI=1S/C15H22ClN3/c1-3-5-12(17)10-15-18-13-9-11(16)6-7-14(13)19(15)8-4-2/h6-7,9,12H,3-5,8,10,17H2,1-2H3. The number of imidazole rings is 1. The second-order valence-corrected chi connectivity index (χ2v) is 5.50. The number of halogens is 1. The fourth-order valence-electron chi connectivity index (χ4n) is 2.49. The second-order valence-electron chi connectivity index (χ2n) is 5.07. The third-order valence-electron chi connectivity index (χ3n) is 3.34. The van der Waals surface area contributed by atoms with Crippen LogP contribution in [-0.2, 0) is 13.0 Å². The van der Waals surface area contributed by atoms with Gasteiger partial charge in [0.1, 0.15) is 5.82 Å². The van der Waals surface area contributed by atoms with E-state index in [1.165, 1.54) is 0 Å². The summed E-state index contributed by atoms with van der Waals surface area (Å²) in [4.78, 5) is 4.71. The number of nitrogens with two attached hydrogens (primary N) is 1. The molecule has 0 saturated carbocycles. The third-order valence-corrected chi connectivity index (χ3v) is 3.58. The van der Waals surface area contributed by atoms with Crippen LogP contribution in [0.15, 0.2) is 18.2 Å². The highest BCUT2D eigenvalue weighted by Gasteiger charge is 2.13. The van der Waals surface area contributed by atoms with Gasteiger partial charge in [0.2, 0.25) is 0 Å². The van der Waals surface area contributed by atoms with Gasteiger partial charge in [-0.3, -0.25) is 0 Å². The van der Waals surface area contributed by atoms with Crippen molar-refractivity contribution in [3.8, 4) is 0 Å². The van der Waals surface area contributed by atoms with Crippen molar-refractivity contribution in [3.63, 3.8) is 0 Å². The van der Waals surface area contributed by atoms with E-state index >= 15 is 0 Å². The fourth-order valence-corrected chi connectivity index (χ4v) is 2.66. The minimum Gasteiger partial charge on any atom is -0.328 e. The first-order valence-corrected chi connectivity index (χ1v) is 7.43. The molecular formula is C15H22ClN3. The van der Waals surface area contributed by atoms with E-state index in [9.17, 15) is 0 Å². The van der Waals surface area contributed by atoms with Crippen molar-refractivity contribution in [3.05, 3.63) is 29.0 Å². The normalized spacial score (nSPS) is 13.1. The fraction of sp³-hybridized carbons (Fsp3) is 0.533. The lowest BCUT2D eigenvalue weighted by Gasteiger charge is -2.12. The van der Waals surface area contributed by atoms with Gasteiger partial charge in [0.05, 0.1) is 11.0 Å². The Kier molecular flexibility index (Phi) is 4.83. The summed E-state index contributed by atoms with van der Waals surface area (Å²) < 4.78 is 2.28. The summed E-state index contributed by atoms with van der Waals surface area (Å²) in [6.07, 6.45) is 4.07. The maximum absolute atomic E-state index is 6.15. The van der Waals surface area contributed by atoms with Crippen molar-refractivity contribution in [1.82, 2.24) is 9.55 Å². The molecular weight excluding hydrogens is 258 g/mol. The molecule has 0 saturated heterocycles. The minimum absolute atomic E-state index is 0.188. The van der Waals surface area contributed by atoms with Crippen LogP contribution in [-0.4, -0.2) is 15.6 Å². The van der Waals surface area contributed by atoms with Gasteiger partial charge < -0.3 is 10.3 Å². The van der Waals surface area contributed by atoms with E-state index < -0.39 is 0 Å². The molecule has 0 aliphatic heterocycles. The van der Waals surface area contributed by atoms with Gasteiger partial charge in [0.15, 0.2) is 0 Å². The van der Waals surface area contributed by atoms with E-state index in [1.54, 1.807) is 0 Å². The quantitative estimate of drug-likeness (QED) is 0.875. The molecule has 1 aromatic carbocycles. The lowest BCUT2D eigenvalue weighted by molar-refractivity contribution is 0.557. The van der Waals surface area contributed by atoms with Gasteiger partial charge in [-0.25, -0.2) is 4.98 Å². The number of fused-ring (bicyclic) bond motifs is 1. The largest absolute Gasteiger partial charge is 0.328 e. The highest BCUT2D eigenvalue weighted by atomic mass is 35.5. The molecule has 104 valence electrons. The van der Waals surface area contributed by atoms with Crippen molar-refractivity contribution < 1.29 is 0 Å². The van der Waals surface area contributed by atoms with Gasteiger partial charge in [-0.15, -0.1) is 0 Å². The molecule has 1 atom stereocenters. The van der Waals surface area contributed by atoms with E-state index in [1.807, 2.05) is 12.1 Å². The first kappa shape index (κ1) is 14.4. The Morgan fingerprint density at radius 3 is 2.79 bits per heavy atom. The molecule has 0 aliphatic rings. The zero-order chi connectivity index (χ0) is 13.8. The Hall–Kier alpha value is -1.06. The number of benzene rings is 1. The van der Waals surface area contributed by atoms with Crippen LogP contribution >= 0.6 is 11.6 Å². The number of aryl methyl sites for hydroxylation is 1. The first-order valence-electron chi connectivity index (χ1n) is 7.06. The molecule has 1 heterocycles. The maximum atomic E-state index is 6.15. The van der Waals surface area contributed by atoms with E-state index in [-0.39, 0.29) is 6.04 Å². The van der Waals surface area contributed by atoms with Crippen LogP contribution in [0, 0.1) is 0 Å². The number of hydrogen-bond acceptors (Lipinski definition) is 2. The first-order chi connectivity index (χ1) is 9.15. The number of aromatic nitrogens is 2. The summed E-state index contributed by atoms with van der Waals surface area (Å²) >= 11 is 6.04. The molecule has 19 heavy (non-hydrogen) atoms. The van der Waals surface area contributed by atoms with Gasteiger partial charge in [-0.1, -0.05) is 31.9 Å². The van der Waals surface area contributed by atoms with Gasteiger partial charge in [-0.05, 0) is 31.0 Å². The Morgan fingerprint density at radius 1 is 1.32 bits per heavy atom. The summed E-state index contributed by atoms with van der Waals surface area (Å²) in [5.41, 5.74) is 8.28. The molecule has 2 rings (SSSR count). The van der Waals surface area contributed by atoms with Gasteiger partial charge in [0, 0.05) is 24.0 Å². The predicted octanol–water partition coefficient (Wildman–Crippen LogP) is 3.77. The summed E-state index contributed by atoms with van der Waals surface area (Å²) in [6, 6.07) is 6.09. The number of rotatable bonds is 6. The van der Waals surface area contributed by atoms with Crippen molar-refractivity contribution in [2.45, 2.75) is 52.1 Å². The zero-order valence-corrected chi connectivity index (χ0v) is 12.5. The number of nitrogens with zero attached hydrogens (tertiary/aromatic N) is 2. The maximum Gasteiger partial charge on any atom is 0.111 e. The van der Waals surface area contributed by atoms with E-state index in [4.69, 9.17) is 22.3 Å². The van der Waals surface area contributed by atoms with Crippen LogP contribution in [0.1, 0.15) is 38.9 Å². The minimum atomic E-state index is 0.188. The Balaban J connectivity index is 2.38. The molecule has 0 aliphatic carbocycles. The lowest BCUT2D eigenvalue weighted by atomic mass is 10.1.